The molecule has 8 heteroatoms. The van der Waals surface area contributed by atoms with E-state index in [1.54, 1.807) is 0 Å². The molecule has 1 aromatic rings. The first-order valence-corrected chi connectivity index (χ1v) is 11.9. The number of likely N-dealkylation sites (N-methyl/N-ethyl adjacent to an activating group) is 2. The third-order valence-electron chi connectivity index (χ3n) is 5.49. The molecule has 0 heterocycles. The molecule has 0 radical (unpaired) electrons. The zero-order chi connectivity index (χ0) is 23.8. The van der Waals surface area contributed by atoms with E-state index in [0.717, 1.165) is 70.2 Å². The molecule has 0 saturated heterocycles. The lowest BCUT2D eigenvalue weighted by Gasteiger charge is -2.29. The lowest BCUT2D eigenvalue weighted by atomic mass is 10.3. The summed E-state index contributed by atoms with van der Waals surface area (Å²) in [6.45, 7) is 18.3. The predicted octanol–water partition coefficient (Wildman–Crippen LogP) is 3.11. The van der Waals surface area contributed by atoms with E-state index in [9.17, 15) is 9.59 Å². The van der Waals surface area contributed by atoms with Gasteiger partial charge in [-0.2, -0.15) is 0 Å². The van der Waals surface area contributed by atoms with Crippen molar-refractivity contribution < 1.29 is 14.3 Å². The average molecular weight is 450 g/mol. The molecule has 32 heavy (non-hydrogen) atoms. The number of benzene rings is 1. The molecule has 3 amide bonds. The Bertz CT molecular complexity index is 630. The van der Waals surface area contributed by atoms with Crippen molar-refractivity contribution in [3.05, 3.63) is 24.3 Å². The van der Waals surface area contributed by atoms with E-state index in [-0.39, 0.29) is 11.9 Å². The number of ether oxygens (including phenoxy) is 1. The highest BCUT2D eigenvalue weighted by Gasteiger charge is 2.15. The number of hydrogen-bond donors (Lipinski definition) is 2. The minimum atomic E-state index is -0.0994. The highest BCUT2D eigenvalue weighted by atomic mass is 16.5. The third-order valence-corrected chi connectivity index (χ3v) is 5.49. The first-order chi connectivity index (χ1) is 15.4. The largest absolute Gasteiger partial charge is 0.494 e. The molecule has 0 saturated carbocycles. The predicted molar refractivity (Wildman–Crippen MR) is 131 cm³/mol. The van der Waals surface area contributed by atoms with Crippen molar-refractivity contribution in [3.63, 3.8) is 0 Å². The summed E-state index contributed by atoms with van der Waals surface area (Å²) >= 11 is 0. The van der Waals surface area contributed by atoms with Gasteiger partial charge in [-0.3, -0.25) is 4.79 Å². The third kappa shape index (κ3) is 11.3. The molecule has 0 spiro atoms. The number of amides is 3. The Morgan fingerprint density at radius 1 is 0.844 bits per heavy atom. The van der Waals surface area contributed by atoms with Gasteiger partial charge in [0.1, 0.15) is 5.75 Å². The van der Waals surface area contributed by atoms with Crippen LogP contribution in [0.3, 0.4) is 0 Å². The molecule has 0 aliphatic rings. The van der Waals surface area contributed by atoms with Crippen LogP contribution in [0, 0.1) is 0 Å². The van der Waals surface area contributed by atoms with Gasteiger partial charge in [-0.1, -0.05) is 27.7 Å². The van der Waals surface area contributed by atoms with Crippen LogP contribution < -0.4 is 15.4 Å². The molecule has 1 aromatic carbocycles. The van der Waals surface area contributed by atoms with Crippen molar-refractivity contribution in [2.75, 3.05) is 70.8 Å². The summed E-state index contributed by atoms with van der Waals surface area (Å²) in [7, 11) is 0. The highest BCUT2D eigenvalue weighted by Crippen LogP contribution is 2.15. The van der Waals surface area contributed by atoms with Crippen LogP contribution in [0.1, 0.15) is 41.0 Å². The molecule has 182 valence electrons. The Morgan fingerprint density at radius 2 is 1.38 bits per heavy atom. The van der Waals surface area contributed by atoms with Crippen LogP contribution in [0.5, 0.6) is 5.75 Å². The Balaban J connectivity index is 2.42. The zero-order valence-electron chi connectivity index (χ0n) is 20.7. The fourth-order valence-corrected chi connectivity index (χ4v) is 3.33. The highest BCUT2D eigenvalue weighted by molar-refractivity contribution is 5.88. The van der Waals surface area contributed by atoms with Gasteiger partial charge in [0.15, 0.2) is 0 Å². The molecular formula is C24H43N5O3. The lowest BCUT2D eigenvalue weighted by Crippen LogP contribution is -2.47. The zero-order valence-corrected chi connectivity index (χ0v) is 20.7. The number of nitrogens with one attached hydrogen (secondary N) is 2. The number of carbonyl (C=O) groups is 2. The number of anilines is 1. The number of hydrogen-bond acceptors (Lipinski definition) is 5. The minimum absolute atomic E-state index is 0.0102. The van der Waals surface area contributed by atoms with Crippen molar-refractivity contribution in [2.24, 2.45) is 0 Å². The maximum atomic E-state index is 12.8. The topological polar surface area (TPSA) is 77.2 Å². The number of rotatable bonds is 16. The number of urea groups is 1. The number of nitrogens with zero attached hydrogens (tertiary/aromatic N) is 3. The molecule has 0 unspecified atom stereocenters. The smallest absolute Gasteiger partial charge is 0.317 e. The minimum Gasteiger partial charge on any atom is -0.494 e. The lowest BCUT2D eigenvalue weighted by molar-refractivity contribution is -0.114. The first kappa shape index (κ1) is 27.7. The standard InChI is InChI=1S/C24H43N5O3/c1-6-27(7-2)16-18-29(19-17-28(8-3)9-4)24(31)25-15-10-20-32-23-13-11-22(12-14-23)26-21(5)30/h11-14H,6-10,15-20H2,1-5H3,(H,25,31)(H,26,30). The second-order valence-corrected chi connectivity index (χ2v) is 7.68. The van der Waals surface area contributed by atoms with Crippen LogP contribution in [-0.2, 0) is 4.79 Å². The summed E-state index contributed by atoms with van der Waals surface area (Å²) in [6.07, 6.45) is 0.721. The second-order valence-electron chi connectivity index (χ2n) is 7.68. The monoisotopic (exact) mass is 449 g/mol. The van der Waals surface area contributed by atoms with Crippen LogP contribution in [-0.4, -0.2) is 92.1 Å². The van der Waals surface area contributed by atoms with Gasteiger partial charge in [0.25, 0.3) is 0 Å². The molecule has 0 atom stereocenters. The molecule has 1 rings (SSSR count). The van der Waals surface area contributed by atoms with Gasteiger partial charge in [0.2, 0.25) is 5.91 Å². The summed E-state index contributed by atoms with van der Waals surface area (Å²) < 4.78 is 5.73. The molecule has 8 nitrogen and oxygen atoms in total. The van der Waals surface area contributed by atoms with Gasteiger partial charge in [-0.15, -0.1) is 0 Å². The summed E-state index contributed by atoms with van der Waals surface area (Å²) in [6, 6.07) is 7.26. The van der Waals surface area contributed by atoms with E-state index in [1.807, 2.05) is 29.2 Å². The second kappa shape index (κ2) is 16.3. The van der Waals surface area contributed by atoms with Gasteiger partial charge in [-0.25, -0.2) is 4.79 Å². The van der Waals surface area contributed by atoms with Crippen molar-refractivity contribution in [1.29, 1.82) is 0 Å². The van der Waals surface area contributed by atoms with Crippen LogP contribution in [0.2, 0.25) is 0 Å². The van der Waals surface area contributed by atoms with Crippen molar-refractivity contribution in [3.8, 4) is 5.75 Å². The summed E-state index contributed by atoms with van der Waals surface area (Å²) in [5, 5.41) is 5.77. The Morgan fingerprint density at radius 3 is 1.84 bits per heavy atom. The molecular weight excluding hydrogens is 406 g/mol. The number of carbonyl (C=O) groups excluding carboxylic acids is 2. The molecule has 0 bridgehead atoms. The van der Waals surface area contributed by atoms with Crippen molar-refractivity contribution in [1.82, 2.24) is 20.0 Å². The summed E-state index contributed by atoms with van der Waals surface area (Å²) in [5.41, 5.74) is 0.742. The van der Waals surface area contributed by atoms with E-state index in [0.29, 0.717) is 13.2 Å². The van der Waals surface area contributed by atoms with E-state index in [2.05, 4.69) is 48.1 Å². The fourth-order valence-electron chi connectivity index (χ4n) is 3.33. The van der Waals surface area contributed by atoms with Gasteiger partial charge >= 0.3 is 6.03 Å². The first-order valence-electron chi connectivity index (χ1n) is 11.9. The Labute approximate surface area is 194 Å². The fraction of sp³-hybridized carbons (Fsp3) is 0.667. The normalized spacial score (nSPS) is 11.0. The summed E-state index contributed by atoms with van der Waals surface area (Å²) in [5.74, 6) is 0.642. The van der Waals surface area contributed by atoms with Crippen molar-refractivity contribution in [2.45, 2.75) is 41.0 Å². The average Bonchev–Trinajstić information content (AvgIpc) is 2.79. The van der Waals surface area contributed by atoms with E-state index >= 15 is 0 Å². The van der Waals surface area contributed by atoms with Gasteiger partial charge in [0, 0.05) is 45.3 Å². The van der Waals surface area contributed by atoms with Gasteiger partial charge in [0.05, 0.1) is 6.61 Å². The van der Waals surface area contributed by atoms with Crippen LogP contribution in [0.25, 0.3) is 0 Å². The van der Waals surface area contributed by atoms with E-state index < -0.39 is 0 Å². The van der Waals surface area contributed by atoms with Crippen LogP contribution >= 0.6 is 0 Å². The Hall–Kier alpha value is -2.32. The molecule has 0 aliphatic heterocycles. The molecule has 0 aliphatic carbocycles. The van der Waals surface area contributed by atoms with Crippen molar-refractivity contribution >= 4 is 17.6 Å². The maximum absolute atomic E-state index is 12.8. The molecule has 2 N–H and O–H groups in total. The molecule has 0 fully saturated rings. The SMILES string of the molecule is CCN(CC)CCN(CCN(CC)CC)C(=O)NCCCOc1ccc(NC(C)=O)cc1. The molecule has 0 aromatic heterocycles. The van der Waals surface area contributed by atoms with Gasteiger partial charge in [-0.05, 0) is 56.9 Å². The van der Waals surface area contributed by atoms with E-state index in [4.69, 9.17) is 4.74 Å². The Kier molecular flexibility index (Phi) is 14.1. The van der Waals surface area contributed by atoms with E-state index in [1.165, 1.54) is 6.92 Å². The van der Waals surface area contributed by atoms with Crippen LogP contribution in [0.4, 0.5) is 10.5 Å². The van der Waals surface area contributed by atoms with Gasteiger partial charge < -0.3 is 30.1 Å². The summed E-state index contributed by atoms with van der Waals surface area (Å²) in [4.78, 5) is 30.5. The van der Waals surface area contributed by atoms with Crippen LogP contribution in [0.15, 0.2) is 24.3 Å². The quantitative estimate of drug-likeness (QED) is 0.379. The maximum Gasteiger partial charge on any atom is 0.317 e.